The summed E-state index contributed by atoms with van der Waals surface area (Å²) in [5.74, 6) is 0.933. The Bertz CT molecular complexity index is 1300. The lowest BCUT2D eigenvalue weighted by molar-refractivity contribution is -0.118. The second-order valence-electron chi connectivity index (χ2n) is 7.05. The van der Waals surface area contributed by atoms with Gasteiger partial charge < -0.3 is 14.8 Å². The highest BCUT2D eigenvalue weighted by atomic mass is 32.1. The molecule has 0 spiro atoms. The zero-order valence-corrected chi connectivity index (χ0v) is 17.9. The number of rotatable bonds is 7. The van der Waals surface area contributed by atoms with Crippen molar-refractivity contribution in [3.8, 4) is 11.5 Å². The van der Waals surface area contributed by atoms with E-state index >= 15 is 0 Å². The zero-order chi connectivity index (χ0) is 21.8. The summed E-state index contributed by atoms with van der Waals surface area (Å²) < 4.78 is 12.8. The molecule has 4 rings (SSSR count). The fraction of sp³-hybridized carbons (Fsp3) is 0.174. The number of ether oxygens (including phenoxy) is 2. The first-order valence-electron chi connectivity index (χ1n) is 9.67. The van der Waals surface area contributed by atoms with Crippen LogP contribution in [0.15, 0.2) is 65.6 Å². The lowest BCUT2D eigenvalue weighted by Crippen LogP contribution is -2.20. The molecule has 4 aromatic rings. The number of fused-ring (bicyclic) bond motifs is 1. The summed E-state index contributed by atoms with van der Waals surface area (Å²) in [6.07, 6.45) is 1.77. The standard InChI is InChI=1S/C23H21N3O4S/c1-15-5-3-7-19(9-15)30-14-21(27)24-17-6-4-8-20(10-17)29-13-18-11-22(28)26-12-16(2)31-23(26)25-18/h3-12H,13-14H2,1-2H3,(H,24,27). The number of nitrogens with zero attached hydrogens (tertiary/aromatic N) is 2. The van der Waals surface area contributed by atoms with E-state index < -0.39 is 0 Å². The van der Waals surface area contributed by atoms with Gasteiger partial charge in [0.25, 0.3) is 11.5 Å². The topological polar surface area (TPSA) is 81.9 Å². The predicted octanol–water partition coefficient (Wildman–Crippen LogP) is 3.97. The van der Waals surface area contributed by atoms with Crippen molar-refractivity contribution < 1.29 is 14.3 Å². The van der Waals surface area contributed by atoms with E-state index in [-0.39, 0.29) is 24.7 Å². The summed E-state index contributed by atoms with van der Waals surface area (Å²) in [6, 6.07) is 16.0. The lowest BCUT2D eigenvalue weighted by Gasteiger charge is -2.10. The van der Waals surface area contributed by atoms with Crippen molar-refractivity contribution in [2.75, 3.05) is 11.9 Å². The van der Waals surface area contributed by atoms with Gasteiger partial charge in [-0.2, -0.15) is 0 Å². The SMILES string of the molecule is Cc1cccc(OCC(=O)Nc2cccc(OCc3cc(=O)n4cc(C)sc4n3)c2)c1. The first kappa shape index (κ1) is 20.6. The Morgan fingerprint density at radius 2 is 1.84 bits per heavy atom. The van der Waals surface area contributed by atoms with Crippen LogP contribution in [0.2, 0.25) is 0 Å². The summed E-state index contributed by atoms with van der Waals surface area (Å²) in [4.78, 5) is 30.5. The van der Waals surface area contributed by atoms with E-state index in [0.717, 1.165) is 10.4 Å². The second-order valence-corrected chi connectivity index (χ2v) is 8.26. The van der Waals surface area contributed by atoms with E-state index in [0.29, 0.717) is 27.8 Å². The second kappa shape index (κ2) is 9.01. The molecule has 31 heavy (non-hydrogen) atoms. The van der Waals surface area contributed by atoms with Crippen LogP contribution < -0.4 is 20.3 Å². The summed E-state index contributed by atoms with van der Waals surface area (Å²) in [6.45, 7) is 3.95. The van der Waals surface area contributed by atoms with Crippen LogP contribution in [0.4, 0.5) is 5.69 Å². The average Bonchev–Trinajstić information content (AvgIpc) is 3.12. The number of nitrogens with one attached hydrogen (secondary N) is 1. The summed E-state index contributed by atoms with van der Waals surface area (Å²) in [5, 5.41) is 2.79. The van der Waals surface area contributed by atoms with Gasteiger partial charge in [-0.1, -0.05) is 18.2 Å². The fourth-order valence-corrected chi connectivity index (χ4v) is 3.85. The number of amides is 1. The zero-order valence-electron chi connectivity index (χ0n) is 17.1. The fourth-order valence-electron chi connectivity index (χ4n) is 3.00. The van der Waals surface area contributed by atoms with Crippen molar-refractivity contribution in [1.82, 2.24) is 9.38 Å². The molecule has 0 fully saturated rings. The summed E-state index contributed by atoms with van der Waals surface area (Å²) >= 11 is 1.45. The number of thiazole rings is 1. The Morgan fingerprint density at radius 3 is 2.65 bits per heavy atom. The largest absolute Gasteiger partial charge is 0.487 e. The quantitative estimate of drug-likeness (QED) is 0.475. The highest BCUT2D eigenvalue weighted by molar-refractivity contribution is 7.16. The minimum absolute atomic E-state index is 0.0946. The van der Waals surface area contributed by atoms with Crippen molar-refractivity contribution in [3.63, 3.8) is 0 Å². The molecule has 1 amide bonds. The molecule has 0 saturated carbocycles. The van der Waals surface area contributed by atoms with Gasteiger partial charge >= 0.3 is 0 Å². The van der Waals surface area contributed by atoms with Crippen LogP contribution in [0.3, 0.4) is 0 Å². The molecule has 2 heterocycles. The first-order chi connectivity index (χ1) is 15.0. The Balaban J connectivity index is 1.36. The molecule has 1 N–H and O–H groups in total. The molecule has 2 aromatic heterocycles. The van der Waals surface area contributed by atoms with Crippen molar-refractivity contribution in [1.29, 1.82) is 0 Å². The molecule has 158 valence electrons. The number of hydrogen-bond donors (Lipinski definition) is 1. The van der Waals surface area contributed by atoms with Crippen LogP contribution in [0, 0.1) is 13.8 Å². The molecule has 2 aromatic carbocycles. The number of benzene rings is 2. The number of anilines is 1. The Labute approximate surface area is 182 Å². The maximum atomic E-state index is 12.2. The Kier molecular flexibility index (Phi) is 5.99. The van der Waals surface area contributed by atoms with Gasteiger partial charge in [0.1, 0.15) is 18.1 Å². The van der Waals surface area contributed by atoms with Crippen LogP contribution in [-0.2, 0) is 11.4 Å². The lowest BCUT2D eigenvalue weighted by atomic mass is 10.2. The Hall–Kier alpha value is -3.65. The third kappa shape index (κ3) is 5.29. The Morgan fingerprint density at radius 1 is 1.06 bits per heavy atom. The van der Waals surface area contributed by atoms with Gasteiger partial charge in [-0.25, -0.2) is 4.98 Å². The summed E-state index contributed by atoms with van der Waals surface area (Å²) in [7, 11) is 0. The highest BCUT2D eigenvalue weighted by Crippen LogP contribution is 2.19. The average molecular weight is 436 g/mol. The summed E-state index contributed by atoms with van der Waals surface area (Å²) in [5.41, 5.74) is 2.07. The van der Waals surface area contributed by atoms with E-state index in [1.165, 1.54) is 21.8 Å². The van der Waals surface area contributed by atoms with E-state index in [9.17, 15) is 9.59 Å². The maximum Gasteiger partial charge on any atom is 0.262 e. The van der Waals surface area contributed by atoms with Crippen molar-refractivity contribution >= 4 is 27.9 Å². The number of carbonyl (C=O) groups excluding carboxylic acids is 1. The van der Waals surface area contributed by atoms with Gasteiger partial charge in [0.05, 0.1) is 5.69 Å². The monoisotopic (exact) mass is 435 g/mol. The predicted molar refractivity (Wildman–Crippen MR) is 120 cm³/mol. The molecule has 0 atom stereocenters. The number of hydrogen-bond acceptors (Lipinski definition) is 6. The molecular formula is C23H21N3O4S. The minimum Gasteiger partial charge on any atom is -0.487 e. The van der Waals surface area contributed by atoms with Gasteiger partial charge in [0, 0.05) is 28.9 Å². The highest BCUT2D eigenvalue weighted by Gasteiger charge is 2.08. The van der Waals surface area contributed by atoms with Crippen LogP contribution in [0.5, 0.6) is 11.5 Å². The van der Waals surface area contributed by atoms with Crippen molar-refractivity contribution in [2.24, 2.45) is 0 Å². The molecule has 0 aliphatic heterocycles. The van der Waals surface area contributed by atoms with Crippen LogP contribution in [0.1, 0.15) is 16.1 Å². The third-order valence-corrected chi connectivity index (χ3v) is 5.30. The van der Waals surface area contributed by atoms with E-state index in [1.807, 2.05) is 38.1 Å². The maximum absolute atomic E-state index is 12.2. The van der Waals surface area contributed by atoms with Gasteiger partial charge in [-0.15, -0.1) is 11.3 Å². The minimum atomic E-state index is -0.271. The van der Waals surface area contributed by atoms with Gasteiger partial charge in [0.15, 0.2) is 11.6 Å². The smallest absolute Gasteiger partial charge is 0.262 e. The number of aryl methyl sites for hydroxylation is 2. The van der Waals surface area contributed by atoms with Crippen LogP contribution >= 0.6 is 11.3 Å². The van der Waals surface area contributed by atoms with Crippen molar-refractivity contribution in [2.45, 2.75) is 20.5 Å². The molecule has 8 heteroatoms. The molecule has 0 saturated heterocycles. The van der Waals surface area contributed by atoms with E-state index in [4.69, 9.17) is 9.47 Å². The molecule has 0 aliphatic rings. The van der Waals surface area contributed by atoms with Gasteiger partial charge in [-0.3, -0.25) is 14.0 Å². The molecule has 0 radical (unpaired) electrons. The molecule has 0 unspecified atom stereocenters. The number of carbonyl (C=O) groups is 1. The third-order valence-electron chi connectivity index (χ3n) is 4.40. The normalized spacial score (nSPS) is 10.8. The molecule has 0 bridgehead atoms. The van der Waals surface area contributed by atoms with E-state index in [2.05, 4.69) is 10.3 Å². The number of aromatic nitrogens is 2. The van der Waals surface area contributed by atoms with Crippen LogP contribution in [0.25, 0.3) is 4.96 Å². The van der Waals surface area contributed by atoms with Gasteiger partial charge in [0.2, 0.25) is 0 Å². The van der Waals surface area contributed by atoms with E-state index in [1.54, 1.807) is 30.5 Å². The first-order valence-corrected chi connectivity index (χ1v) is 10.5. The van der Waals surface area contributed by atoms with Crippen molar-refractivity contribution in [3.05, 3.63) is 87.3 Å². The molecule has 0 aliphatic carbocycles. The van der Waals surface area contributed by atoms with Gasteiger partial charge in [-0.05, 0) is 43.7 Å². The molecular weight excluding hydrogens is 414 g/mol. The molecule has 7 nitrogen and oxygen atoms in total. The van der Waals surface area contributed by atoms with Crippen LogP contribution in [-0.4, -0.2) is 21.9 Å².